The molecule has 0 aliphatic heterocycles. The lowest BCUT2D eigenvalue weighted by atomic mass is 9.96. The van der Waals surface area contributed by atoms with Crippen LogP contribution in [0.15, 0.2) is 0 Å². The minimum atomic E-state index is 0.111. The lowest BCUT2D eigenvalue weighted by molar-refractivity contribution is -0.105. The number of thiophene rings is 1. The van der Waals surface area contributed by atoms with E-state index < -0.39 is 0 Å². The number of halogens is 1. The van der Waals surface area contributed by atoms with Gasteiger partial charge in [-0.15, -0.1) is 22.9 Å². The Morgan fingerprint density at radius 1 is 1.53 bits per heavy atom. The van der Waals surface area contributed by atoms with Crippen molar-refractivity contribution in [3.8, 4) is 6.07 Å². The number of carbonyl (C=O) groups excluding carboxylic acids is 1. The Labute approximate surface area is 110 Å². The van der Waals surface area contributed by atoms with E-state index in [0.717, 1.165) is 23.4 Å². The average molecular weight is 271 g/mol. The summed E-state index contributed by atoms with van der Waals surface area (Å²) in [5.74, 6) is 0.111. The maximum absolute atomic E-state index is 9.04. The van der Waals surface area contributed by atoms with Crippen molar-refractivity contribution in [3.63, 3.8) is 0 Å². The topological polar surface area (TPSA) is 52.9 Å². The van der Waals surface area contributed by atoms with Gasteiger partial charge in [0.05, 0.1) is 11.4 Å². The molecule has 2 rings (SSSR count). The first-order chi connectivity index (χ1) is 8.28. The summed E-state index contributed by atoms with van der Waals surface area (Å²) in [4.78, 5) is 10.5. The van der Waals surface area contributed by atoms with E-state index in [1.165, 1.54) is 23.3 Å². The third-order valence-electron chi connectivity index (χ3n) is 2.57. The summed E-state index contributed by atoms with van der Waals surface area (Å²) in [6.07, 6.45) is 5.41. The first-order valence-corrected chi connectivity index (χ1v) is 6.85. The fraction of sp³-hybridized carbons (Fsp3) is 0.500. The van der Waals surface area contributed by atoms with Crippen LogP contribution in [0.5, 0.6) is 0 Å². The number of aryl methyl sites for hydroxylation is 1. The van der Waals surface area contributed by atoms with Gasteiger partial charge in [-0.2, -0.15) is 5.26 Å². The van der Waals surface area contributed by atoms with Gasteiger partial charge in [0.2, 0.25) is 0 Å². The van der Waals surface area contributed by atoms with Crippen molar-refractivity contribution in [1.82, 2.24) is 0 Å². The predicted molar refractivity (Wildman–Crippen MR) is 72.0 cm³/mol. The molecular weight excluding hydrogens is 256 g/mol. The number of nitrogens with zero attached hydrogens (tertiary/aromatic N) is 1. The maximum atomic E-state index is 9.04. The molecule has 1 aliphatic rings. The summed E-state index contributed by atoms with van der Waals surface area (Å²) in [5, 5.41) is 13.2. The highest BCUT2D eigenvalue weighted by molar-refractivity contribution is 7.16. The Morgan fingerprint density at radius 2 is 2.18 bits per heavy atom. The van der Waals surface area contributed by atoms with Crippen LogP contribution in [0.4, 0.5) is 5.00 Å². The standard InChI is InChI=1S/C10H12N2S.C2H3ClO/c1-12-10-8(6-11)7-4-2-3-5-9(7)13-10;3-1-2-4/h12H,2-5H2,1H3;2H,1H2. The summed E-state index contributed by atoms with van der Waals surface area (Å²) in [6.45, 7) is 0. The molecule has 1 heterocycles. The summed E-state index contributed by atoms with van der Waals surface area (Å²) < 4.78 is 0. The zero-order valence-electron chi connectivity index (χ0n) is 9.75. The molecule has 92 valence electrons. The molecule has 0 aromatic carbocycles. The van der Waals surface area contributed by atoms with E-state index in [9.17, 15) is 0 Å². The number of nitrogens with one attached hydrogen (secondary N) is 1. The van der Waals surface area contributed by atoms with E-state index in [0.29, 0.717) is 6.29 Å². The number of carbonyl (C=O) groups is 1. The van der Waals surface area contributed by atoms with Crippen LogP contribution in [-0.4, -0.2) is 19.2 Å². The van der Waals surface area contributed by atoms with Crippen LogP contribution in [0.2, 0.25) is 0 Å². The van der Waals surface area contributed by atoms with Crippen molar-refractivity contribution in [2.75, 3.05) is 18.2 Å². The van der Waals surface area contributed by atoms with Crippen LogP contribution < -0.4 is 5.32 Å². The Hall–Kier alpha value is -1.05. The third kappa shape index (κ3) is 3.45. The highest BCUT2D eigenvalue weighted by Crippen LogP contribution is 2.37. The number of rotatable bonds is 2. The zero-order chi connectivity index (χ0) is 12.7. The van der Waals surface area contributed by atoms with Crippen LogP contribution in [0.3, 0.4) is 0 Å². The van der Waals surface area contributed by atoms with Gasteiger partial charge in [-0.05, 0) is 31.2 Å². The number of hydrogen-bond acceptors (Lipinski definition) is 4. The van der Waals surface area contributed by atoms with Crippen molar-refractivity contribution in [2.45, 2.75) is 25.7 Å². The van der Waals surface area contributed by atoms with Crippen molar-refractivity contribution in [2.24, 2.45) is 0 Å². The van der Waals surface area contributed by atoms with Crippen LogP contribution >= 0.6 is 22.9 Å². The van der Waals surface area contributed by atoms with E-state index in [4.69, 9.17) is 21.7 Å². The van der Waals surface area contributed by atoms with Crippen molar-refractivity contribution in [1.29, 1.82) is 5.26 Å². The predicted octanol–water partition coefficient (Wildman–Crippen LogP) is 2.96. The molecule has 3 nitrogen and oxygen atoms in total. The van der Waals surface area contributed by atoms with Gasteiger partial charge in [-0.1, -0.05) is 0 Å². The molecule has 0 fully saturated rings. The number of anilines is 1. The summed E-state index contributed by atoms with van der Waals surface area (Å²) in [6, 6.07) is 2.30. The highest BCUT2D eigenvalue weighted by Gasteiger charge is 2.19. The fourth-order valence-electron chi connectivity index (χ4n) is 1.86. The minimum Gasteiger partial charge on any atom is -0.379 e. The first kappa shape index (κ1) is 14.0. The fourth-order valence-corrected chi connectivity index (χ4v) is 3.05. The second kappa shape index (κ2) is 7.31. The maximum Gasteiger partial charge on any atom is 0.134 e. The smallest absolute Gasteiger partial charge is 0.134 e. The second-order valence-electron chi connectivity index (χ2n) is 3.60. The second-order valence-corrected chi connectivity index (χ2v) is 5.01. The van der Waals surface area contributed by atoms with Crippen LogP contribution in [-0.2, 0) is 17.6 Å². The molecule has 1 aliphatic carbocycles. The molecule has 1 aromatic heterocycles. The summed E-state index contributed by atoms with van der Waals surface area (Å²) >= 11 is 6.57. The Balaban J connectivity index is 0.000000317. The number of fused-ring (bicyclic) bond motifs is 1. The zero-order valence-corrected chi connectivity index (χ0v) is 11.3. The van der Waals surface area contributed by atoms with Crippen molar-refractivity contribution >= 4 is 34.2 Å². The van der Waals surface area contributed by atoms with Crippen molar-refractivity contribution < 1.29 is 4.79 Å². The van der Waals surface area contributed by atoms with Crippen LogP contribution in [0.1, 0.15) is 28.8 Å². The third-order valence-corrected chi connectivity index (χ3v) is 4.01. The van der Waals surface area contributed by atoms with E-state index in [1.54, 1.807) is 11.3 Å². The van der Waals surface area contributed by atoms with Gasteiger partial charge in [-0.3, -0.25) is 0 Å². The number of alkyl halides is 1. The Kier molecular flexibility index (Phi) is 6.03. The number of hydrogen-bond donors (Lipinski definition) is 1. The molecule has 0 unspecified atom stereocenters. The van der Waals surface area contributed by atoms with Gasteiger partial charge >= 0.3 is 0 Å². The van der Waals surface area contributed by atoms with Gasteiger partial charge in [0.1, 0.15) is 17.4 Å². The number of aldehydes is 1. The molecule has 0 spiro atoms. The Bertz CT molecular complexity index is 423. The molecule has 0 amide bonds. The summed E-state index contributed by atoms with van der Waals surface area (Å²) in [5.41, 5.74) is 2.20. The van der Waals surface area contributed by atoms with Gasteiger partial charge in [0, 0.05) is 11.9 Å². The molecule has 1 aromatic rings. The molecule has 1 N–H and O–H groups in total. The normalized spacial score (nSPS) is 12.8. The largest absolute Gasteiger partial charge is 0.379 e. The average Bonchev–Trinajstić information content (AvgIpc) is 2.76. The molecule has 0 saturated carbocycles. The highest BCUT2D eigenvalue weighted by atomic mass is 35.5. The van der Waals surface area contributed by atoms with Gasteiger partial charge in [-0.25, -0.2) is 0 Å². The van der Waals surface area contributed by atoms with Gasteiger partial charge in [0.15, 0.2) is 0 Å². The minimum absolute atomic E-state index is 0.111. The Morgan fingerprint density at radius 3 is 2.71 bits per heavy atom. The SMILES string of the molecule is CNc1sc2c(c1C#N)CCCC2.O=CCCl. The molecule has 17 heavy (non-hydrogen) atoms. The van der Waals surface area contributed by atoms with Crippen molar-refractivity contribution in [3.05, 3.63) is 16.0 Å². The lowest BCUT2D eigenvalue weighted by Gasteiger charge is -2.09. The lowest BCUT2D eigenvalue weighted by Crippen LogP contribution is -1.99. The van der Waals surface area contributed by atoms with Crippen LogP contribution in [0.25, 0.3) is 0 Å². The molecular formula is C12H15ClN2OS. The summed E-state index contributed by atoms with van der Waals surface area (Å²) in [7, 11) is 1.89. The monoisotopic (exact) mass is 270 g/mol. The molecule has 0 bridgehead atoms. The van der Waals surface area contributed by atoms with E-state index >= 15 is 0 Å². The number of nitriles is 1. The molecule has 5 heteroatoms. The van der Waals surface area contributed by atoms with E-state index in [-0.39, 0.29) is 5.88 Å². The first-order valence-electron chi connectivity index (χ1n) is 5.50. The van der Waals surface area contributed by atoms with E-state index in [1.807, 2.05) is 7.05 Å². The van der Waals surface area contributed by atoms with Crippen LogP contribution in [0, 0.1) is 11.3 Å². The molecule has 0 saturated heterocycles. The van der Waals surface area contributed by atoms with E-state index in [2.05, 4.69) is 11.4 Å². The molecule has 0 atom stereocenters. The van der Waals surface area contributed by atoms with Gasteiger partial charge in [0.25, 0.3) is 0 Å². The molecule has 0 radical (unpaired) electrons. The quantitative estimate of drug-likeness (QED) is 0.664. The van der Waals surface area contributed by atoms with Gasteiger partial charge < -0.3 is 10.1 Å².